The first-order valence-corrected chi connectivity index (χ1v) is 12.8. The standard InChI is InChI=1S/C32H24F3N3O4/c1-41-28-18-21(15-16-27(28)42-20-29(39)36-24-12-6-3-7-13-24)17-26-30(22-9-4-2-5-10-22)37-38(31(26)40)25-14-8-11-23(19-25)32(33,34)35/h2-19H,20H2,1H3,(H,36,39). The number of hydrogen-bond acceptors (Lipinski definition) is 5. The van der Waals surface area contributed by atoms with Gasteiger partial charge in [0.05, 0.1) is 23.9 Å². The maximum absolute atomic E-state index is 13.6. The summed E-state index contributed by atoms with van der Waals surface area (Å²) in [4.78, 5) is 25.9. The SMILES string of the molecule is COc1cc(C=C2C(=O)N(c3cccc(C(F)(F)F)c3)N=C2c2ccccc2)ccc1OCC(=O)Nc1ccccc1. The van der Waals surface area contributed by atoms with Crippen LogP contribution in [0.25, 0.3) is 6.08 Å². The number of carbonyl (C=O) groups is 2. The van der Waals surface area contributed by atoms with E-state index in [2.05, 4.69) is 10.4 Å². The highest BCUT2D eigenvalue weighted by Crippen LogP contribution is 2.35. The summed E-state index contributed by atoms with van der Waals surface area (Å²) in [6.45, 7) is -0.263. The molecule has 10 heteroatoms. The second-order valence-electron chi connectivity index (χ2n) is 9.15. The number of benzene rings is 4. The monoisotopic (exact) mass is 571 g/mol. The van der Waals surface area contributed by atoms with Gasteiger partial charge in [-0.3, -0.25) is 9.59 Å². The van der Waals surface area contributed by atoms with Gasteiger partial charge in [-0.05, 0) is 54.1 Å². The Hall–Kier alpha value is -5.38. The Morgan fingerprint density at radius 2 is 1.62 bits per heavy atom. The zero-order chi connectivity index (χ0) is 29.7. The van der Waals surface area contributed by atoms with Gasteiger partial charge in [-0.2, -0.15) is 23.3 Å². The highest BCUT2D eigenvalue weighted by molar-refractivity contribution is 6.37. The van der Waals surface area contributed by atoms with Crippen molar-refractivity contribution in [3.63, 3.8) is 0 Å². The van der Waals surface area contributed by atoms with Crippen LogP contribution in [0.2, 0.25) is 0 Å². The number of hydrazone groups is 1. The van der Waals surface area contributed by atoms with Gasteiger partial charge in [0.2, 0.25) is 0 Å². The van der Waals surface area contributed by atoms with Gasteiger partial charge in [-0.15, -0.1) is 0 Å². The van der Waals surface area contributed by atoms with Crippen LogP contribution in [0, 0.1) is 0 Å². The number of ether oxygens (including phenoxy) is 2. The number of halogens is 3. The highest BCUT2D eigenvalue weighted by atomic mass is 19.4. The largest absolute Gasteiger partial charge is 0.493 e. The van der Waals surface area contributed by atoms with E-state index in [1.54, 1.807) is 78.9 Å². The lowest BCUT2D eigenvalue weighted by Gasteiger charge is -2.14. The average molecular weight is 572 g/mol. The molecule has 1 heterocycles. The summed E-state index contributed by atoms with van der Waals surface area (Å²) >= 11 is 0. The van der Waals surface area contributed by atoms with Gasteiger partial charge >= 0.3 is 6.18 Å². The van der Waals surface area contributed by atoms with E-state index in [-0.39, 0.29) is 23.8 Å². The average Bonchev–Trinajstić information content (AvgIpc) is 3.32. The highest BCUT2D eigenvalue weighted by Gasteiger charge is 2.35. The second kappa shape index (κ2) is 12.0. The molecule has 2 amide bonds. The number of para-hydroxylation sites is 1. The molecule has 0 radical (unpaired) electrons. The van der Waals surface area contributed by atoms with Gasteiger partial charge in [0, 0.05) is 11.3 Å². The first-order valence-electron chi connectivity index (χ1n) is 12.8. The molecule has 4 aromatic carbocycles. The Bertz CT molecular complexity index is 1670. The van der Waals surface area contributed by atoms with Gasteiger partial charge in [-0.25, -0.2) is 0 Å². The molecule has 0 saturated heterocycles. The molecule has 0 bridgehead atoms. The molecule has 212 valence electrons. The predicted molar refractivity (Wildman–Crippen MR) is 153 cm³/mol. The Kier molecular flexibility index (Phi) is 8.05. The van der Waals surface area contributed by atoms with E-state index in [0.717, 1.165) is 17.1 Å². The van der Waals surface area contributed by atoms with Crippen LogP contribution in [-0.2, 0) is 15.8 Å². The molecule has 42 heavy (non-hydrogen) atoms. The second-order valence-corrected chi connectivity index (χ2v) is 9.15. The summed E-state index contributed by atoms with van der Waals surface area (Å²) in [6.07, 6.45) is -3.00. The first kappa shape index (κ1) is 28.2. The molecule has 1 aliphatic rings. The van der Waals surface area contributed by atoms with E-state index in [4.69, 9.17) is 9.47 Å². The van der Waals surface area contributed by atoms with E-state index in [1.807, 2.05) is 6.07 Å². The van der Waals surface area contributed by atoms with Crippen molar-refractivity contribution in [1.29, 1.82) is 0 Å². The molecule has 0 aromatic heterocycles. The molecule has 0 spiro atoms. The molecule has 0 unspecified atom stereocenters. The normalized spacial score (nSPS) is 14.1. The van der Waals surface area contributed by atoms with Crippen LogP contribution in [0.1, 0.15) is 16.7 Å². The zero-order valence-corrected chi connectivity index (χ0v) is 22.3. The van der Waals surface area contributed by atoms with E-state index in [0.29, 0.717) is 34.0 Å². The maximum atomic E-state index is 13.6. The number of methoxy groups -OCH3 is 1. The summed E-state index contributed by atoms with van der Waals surface area (Å²) in [5.74, 6) is -0.326. The first-order chi connectivity index (χ1) is 20.2. The summed E-state index contributed by atoms with van der Waals surface area (Å²) in [7, 11) is 1.44. The van der Waals surface area contributed by atoms with Crippen LogP contribution in [0.5, 0.6) is 11.5 Å². The molecule has 0 saturated carbocycles. The van der Waals surface area contributed by atoms with Crippen molar-refractivity contribution < 1.29 is 32.2 Å². The van der Waals surface area contributed by atoms with Gasteiger partial charge in [0.15, 0.2) is 18.1 Å². The van der Waals surface area contributed by atoms with E-state index in [1.165, 1.54) is 19.2 Å². The molecule has 0 aliphatic carbocycles. The molecule has 4 aromatic rings. The molecule has 7 nitrogen and oxygen atoms in total. The molecule has 5 rings (SSSR count). The third-order valence-corrected chi connectivity index (χ3v) is 6.26. The molecular weight excluding hydrogens is 547 g/mol. The van der Waals surface area contributed by atoms with E-state index >= 15 is 0 Å². The van der Waals surface area contributed by atoms with Crippen molar-refractivity contribution in [1.82, 2.24) is 0 Å². The van der Waals surface area contributed by atoms with Gasteiger partial charge in [-0.1, -0.05) is 60.7 Å². The third-order valence-electron chi connectivity index (χ3n) is 6.26. The molecule has 0 fully saturated rings. The van der Waals surface area contributed by atoms with Crippen molar-refractivity contribution in [2.45, 2.75) is 6.18 Å². The van der Waals surface area contributed by atoms with E-state index < -0.39 is 17.6 Å². The lowest BCUT2D eigenvalue weighted by molar-refractivity contribution is -0.137. The lowest BCUT2D eigenvalue weighted by atomic mass is 10.00. The van der Waals surface area contributed by atoms with Gasteiger partial charge in [0.25, 0.3) is 11.8 Å². The summed E-state index contributed by atoms with van der Waals surface area (Å²) in [6, 6.07) is 27.2. The van der Waals surface area contributed by atoms with E-state index in [9.17, 15) is 22.8 Å². The molecule has 0 atom stereocenters. The fraction of sp³-hybridized carbons (Fsp3) is 0.0938. The third kappa shape index (κ3) is 6.33. The molecular formula is C32H24F3N3O4. The molecule has 1 N–H and O–H groups in total. The number of amides is 2. The summed E-state index contributed by atoms with van der Waals surface area (Å²) < 4.78 is 51.2. The number of hydrogen-bond donors (Lipinski definition) is 1. The van der Waals surface area contributed by atoms with Crippen molar-refractivity contribution in [3.8, 4) is 11.5 Å². The minimum atomic E-state index is -4.58. The van der Waals surface area contributed by atoms with Crippen molar-refractivity contribution in [2.24, 2.45) is 5.10 Å². The predicted octanol–water partition coefficient (Wildman–Crippen LogP) is 6.57. The lowest BCUT2D eigenvalue weighted by Crippen LogP contribution is -2.22. The van der Waals surface area contributed by atoms with Crippen LogP contribution < -0.4 is 19.8 Å². The van der Waals surface area contributed by atoms with Crippen LogP contribution >= 0.6 is 0 Å². The quantitative estimate of drug-likeness (QED) is 0.243. The summed E-state index contributed by atoms with van der Waals surface area (Å²) in [5.41, 5.74) is 1.37. The Balaban J connectivity index is 1.42. The topological polar surface area (TPSA) is 80.2 Å². The number of alkyl halides is 3. The Morgan fingerprint density at radius 1 is 0.905 bits per heavy atom. The van der Waals surface area contributed by atoms with Crippen LogP contribution in [-0.4, -0.2) is 31.2 Å². The van der Waals surface area contributed by atoms with Crippen LogP contribution in [0.4, 0.5) is 24.5 Å². The molecule has 1 aliphatic heterocycles. The number of carbonyl (C=O) groups excluding carboxylic acids is 2. The Morgan fingerprint density at radius 3 is 2.31 bits per heavy atom. The smallest absolute Gasteiger partial charge is 0.416 e. The van der Waals surface area contributed by atoms with Crippen molar-refractivity contribution >= 4 is 35.0 Å². The number of rotatable bonds is 8. The minimum Gasteiger partial charge on any atom is -0.493 e. The fourth-order valence-electron chi connectivity index (χ4n) is 4.26. The van der Waals surface area contributed by atoms with Crippen LogP contribution in [0.3, 0.4) is 0 Å². The van der Waals surface area contributed by atoms with Gasteiger partial charge < -0.3 is 14.8 Å². The van der Waals surface area contributed by atoms with Crippen LogP contribution in [0.15, 0.2) is 114 Å². The van der Waals surface area contributed by atoms with Crippen molar-refractivity contribution in [2.75, 3.05) is 24.0 Å². The number of anilines is 2. The zero-order valence-electron chi connectivity index (χ0n) is 22.3. The number of nitrogens with zero attached hydrogens (tertiary/aromatic N) is 2. The number of nitrogens with one attached hydrogen (secondary N) is 1. The maximum Gasteiger partial charge on any atom is 0.416 e. The van der Waals surface area contributed by atoms with Crippen molar-refractivity contribution in [3.05, 3.63) is 125 Å². The Labute approximate surface area is 239 Å². The fourth-order valence-corrected chi connectivity index (χ4v) is 4.26. The van der Waals surface area contributed by atoms with Gasteiger partial charge in [0.1, 0.15) is 5.71 Å². The minimum absolute atomic E-state index is 0.0123. The summed E-state index contributed by atoms with van der Waals surface area (Å²) in [5, 5.41) is 8.11.